The molecule has 0 bridgehead atoms. The van der Waals surface area contributed by atoms with Crippen LogP contribution in [0.4, 0.5) is 5.82 Å². The zero-order valence-corrected chi connectivity index (χ0v) is 25.9. The molecule has 4 aromatic rings. The first kappa shape index (κ1) is 31.9. The zero-order chi connectivity index (χ0) is 32.0. The van der Waals surface area contributed by atoms with E-state index < -0.39 is 29.7 Å². The Morgan fingerprint density at radius 2 is 1.51 bits per heavy atom. The molecule has 0 saturated carbocycles. The molecule has 10 heteroatoms. The maximum atomic E-state index is 13.0. The highest BCUT2D eigenvalue weighted by molar-refractivity contribution is 5.87. The second-order valence-corrected chi connectivity index (χ2v) is 11.0. The molecule has 0 spiro atoms. The average Bonchev–Trinajstić information content (AvgIpc) is 3.36. The number of aromatic nitrogens is 2. The normalized spacial score (nSPS) is 19.7. The second kappa shape index (κ2) is 14.1. The van der Waals surface area contributed by atoms with Crippen molar-refractivity contribution in [1.82, 2.24) is 9.55 Å². The quantitative estimate of drug-likeness (QED) is 0.217. The van der Waals surface area contributed by atoms with E-state index in [1.807, 2.05) is 85.8 Å². The standard InChI is InChI=1S/C35H39N3O7/c1-5-9-29-32(40)30(45-33(29)38-21-20-31(36-23(2)39)37-34(38)41)22-44-35(24-10-7-6-8-11-24,25-12-16-27(42-3)17-13-25)26-14-18-28(43-4)19-15-26/h6-8,10-21,29-30,32-33,40H,5,9,22H2,1-4H3,(H,36,37,39,41)/t29-,30-,32+,33-/m1/s1. The van der Waals surface area contributed by atoms with Gasteiger partial charge in [0.1, 0.15) is 35.2 Å². The maximum absolute atomic E-state index is 13.0. The van der Waals surface area contributed by atoms with E-state index in [0.29, 0.717) is 17.9 Å². The van der Waals surface area contributed by atoms with Crippen LogP contribution in [0.25, 0.3) is 0 Å². The van der Waals surface area contributed by atoms with Gasteiger partial charge in [-0.3, -0.25) is 9.36 Å². The van der Waals surface area contributed by atoms with Crippen LogP contribution in [0.3, 0.4) is 0 Å². The molecule has 1 fully saturated rings. The highest BCUT2D eigenvalue weighted by Crippen LogP contribution is 2.44. The summed E-state index contributed by atoms with van der Waals surface area (Å²) in [4.78, 5) is 28.5. The molecule has 2 heterocycles. The van der Waals surface area contributed by atoms with Crippen LogP contribution in [0.15, 0.2) is 95.9 Å². The van der Waals surface area contributed by atoms with Crippen molar-refractivity contribution >= 4 is 11.7 Å². The van der Waals surface area contributed by atoms with Gasteiger partial charge in [-0.25, -0.2) is 4.79 Å². The molecule has 1 saturated heterocycles. The molecule has 2 N–H and O–H groups in total. The van der Waals surface area contributed by atoms with Gasteiger partial charge in [0.25, 0.3) is 0 Å². The molecule has 45 heavy (non-hydrogen) atoms. The van der Waals surface area contributed by atoms with Gasteiger partial charge < -0.3 is 29.4 Å². The van der Waals surface area contributed by atoms with Crippen LogP contribution >= 0.6 is 0 Å². The molecule has 1 amide bonds. The van der Waals surface area contributed by atoms with E-state index in [1.54, 1.807) is 20.3 Å². The minimum atomic E-state index is -1.10. The number of benzene rings is 3. The van der Waals surface area contributed by atoms with Crippen molar-refractivity contribution in [2.45, 2.75) is 50.7 Å². The largest absolute Gasteiger partial charge is 0.497 e. The van der Waals surface area contributed by atoms with Crippen molar-refractivity contribution in [1.29, 1.82) is 0 Å². The first-order chi connectivity index (χ1) is 21.8. The molecular weight excluding hydrogens is 574 g/mol. The Bertz CT molecular complexity index is 1580. The zero-order valence-electron chi connectivity index (χ0n) is 25.9. The first-order valence-corrected chi connectivity index (χ1v) is 15.0. The fraction of sp³-hybridized carbons (Fsp3) is 0.343. The number of ether oxygens (including phenoxy) is 4. The number of aliphatic hydroxyl groups excluding tert-OH is 1. The summed E-state index contributed by atoms with van der Waals surface area (Å²) < 4.78 is 25.6. The molecule has 1 aromatic heterocycles. The molecule has 0 aliphatic carbocycles. The van der Waals surface area contributed by atoms with Crippen molar-refractivity contribution < 1.29 is 28.8 Å². The van der Waals surface area contributed by atoms with Gasteiger partial charge in [0.15, 0.2) is 0 Å². The minimum Gasteiger partial charge on any atom is -0.497 e. The summed E-state index contributed by atoms with van der Waals surface area (Å²) >= 11 is 0. The Morgan fingerprint density at radius 1 is 0.933 bits per heavy atom. The Balaban J connectivity index is 1.54. The van der Waals surface area contributed by atoms with Crippen molar-refractivity contribution in [3.05, 3.63) is 118 Å². The van der Waals surface area contributed by atoms with E-state index in [2.05, 4.69) is 10.3 Å². The molecule has 0 radical (unpaired) electrons. The number of carbonyl (C=O) groups is 1. The fourth-order valence-electron chi connectivity index (χ4n) is 6.00. The highest BCUT2D eigenvalue weighted by Gasteiger charge is 2.47. The number of nitrogens with zero attached hydrogens (tertiary/aromatic N) is 2. The van der Waals surface area contributed by atoms with Crippen molar-refractivity contribution in [2.24, 2.45) is 5.92 Å². The SMILES string of the molecule is CCC[C@@H]1[C@H](O)[C@@H](COC(c2ccccc2)(c2ccc(OC)cc2)c2ccc(OC)cc2)O[C@H]1n1ccc(NC(C)=O)nc1=O. The lowest BCUT2D eigenvalue weighted by atomic mass is 9.80. The van der Waals surface area contributed by atoms with Crippen molar-refractivity contribution in [2.75, 3.05) is 26.1 Å². The molecular formula is C35H39N3O7. The molecule has 3 aromatic carbocycles. The Hall–Kier alpha value is -4.51. The van der Waals surface area contributed by atoms with Gasteiger partial charge in [0.05, 0.1) is 26.9 Å². The van der Waals surface area contributed by atoms with E-state index in [0.717, 1.165) is 23.1 Å². The third-order valence-corrected chi connectivity index (χ3v) is 8.17. The lowest BCUT2D eigenvalue weighted by Gasteiger charge is -2.37. The minimum absolute atomic E-state index is 0.0109. The number of aliphatic hydroxyl groups is 1. The van der Waals surface area contributed by atoms with Crippen LogP contribution in [0.1, 0.15) is 49.6 Å². The van der Waals surface area contributed by atoms with Crippen LogP contribution in [0.5, 0.6) is 11.5 Å². The molecule has 1 aliphatic rings. The van der Waals surface area contributed by atoms with E-state index in [-0.39, 0.29) is 24.2 Å². The smallest absolute Gasteiger partial charge is 0.351 e. The van der Waals surface area contributed by atoms with Crippen LogP contribution < -0.4 is 20.5 Å². The summed E-state index contributed by atoms with van der Waals surface area (Å²) in [7, 11) is 3.24. The number of anilines is 1. The monoisotopic (exact) mass is 613 g/mol. The molecule has 1 aliphatic heterocycles. The Labute approximate surface area is 262 Å². The molecule has 10 nitrogen and oxygen atoms in total. The van der Waals surface area contributed by atoms with Crippen LogP contribution in [-0.2, 0) is 19.9 Å². The lowest BCUT2D eigenvalue weighted by molar-refractivity contribution is -0.114. The van der Waals surface area contributed by atoms with E-state index in [4.69, 9.17) is 18.9 Å². The maximum Gasteiger partial charge on any atom is 0.351 e. The topological polar surface area (TPSA) is 121 Å². The van der Waals surface area contributed by atoms with Gasteiger partial charge in [0.2, 0.25) is 5.91 Å². The lowest BCUT2D eigenvalue weighted by Crippen LogP contribution is -2.38. The number of hydrogen-bond acceptors (Lipinski definition) is 8. The first-order valence-electron chi connectivity index (χ1n) is 15.0. The van der Waals surface area contributed by atoms with Gasteiger partial charge >= 0.3 is 5.69 Å². The number of hydrogen-bond donors (Lipinski definition) is 2. The van der Waals surface area contributed by atoms with Crippen LogP contribution in [-0.4, -0.2) is 53.6 Å². The predicted octanol–water partition coefficient (Wildman–Crippen LogP) is 4.90. The third kappa shape index (κ3) is 6.63. The summed E-state index contributed by atoms with van der Waals surface area (Å²) in [6.45, 7) is 3.37. The molecule has 236 valence electrons. The van der Waals surface area contributed by atoms with E-state index in [9.17, 15) is 14.7 Å². The number of amides is 1. The molecule has 4 atom stereocenters. The summed E-state index contributed by atoms with van der Waals surface area (Å²) in [6, 6.07) is 26.8. The van der Waals surface area contributed by atoms with Crippen molar-refractivity contribution in [3.8, 4) is 11.5 Å². The predicted molar refractivity (Wildman–Crippen MR) is 169 cm³/mol. The van der Waals surface area contributed by atoms with Crippen LogP contribution in [0.2, 0.25) is 0 Å². The van der Waals surface area contributed by atoms with E-state index in [1.165, 1.54) is 17.7 Å². The highest BCUT2D eigenvalue weighted by atomic mass is 16.6. The Morgan fingerprint density at radius 3 is 2.02 bits per heavy atom. The van der Waals surface area contributed by atoms with E-state index >= 15 is 0 Å². The second-order valence-electron chi connectivity index (χ2n) is 11.0. The number of carbonyl (C=O) groups excluding carboxylic acids is 1. The van der Waals surface area contributed by atoms with Gasteiger partial charge in [-0.05, 0) is 53.4 Å². The Kier molecular flexibility index (Phi) is 9.97. The van der Waals surface area contributed by atoms with Gasteiger partial charge in [-0.1, -0.05) is 67.9 Å². The number of methoxy groups -OCH3 is 2. The fourth-order valence-corrected chi connectivity index (χ4v) is 6.00. The summed E-state index contributed by atoms with van der Waals surface area (Å²) in [6.07, 6.45) is 0.473. The van der Waals surface area contributed by atoms with Crippen LogP contribution in [0, 0.1) is 5.92 Å². The summed E-state index contributed by atoms with van der Waals surface area (Å²) in [5.74, 6) is 0.852. The number of nitrogens with one attached hydrogen (secondary N) is 1. The summed E-state index contributed by atoms with van der Waals surface area (Å²) in [5.41, 5.74) is 0.893. The van der Waals surface area contributed by atoms with Crippen molar-refractivity contribution in [3.63, 3.8) is 0 Å². The third-order valence-electron chi connectivity index (χ3n) is 8.17. The van der Waals surface area contributed by atoms with Gasteiger partial charge in [0, 0.05) is 19.0 Å². The summed E-state index contributed by atoms with van der Waals surface area (Å²) in [5, 5.41) is 14.1. The van der Waals surface area contributed by atoms with Gasteiger partial charge in [-0.2, -0.15) is 4.98 Å². The molecule has 0 unspecified atom stereocenters. The molecule has 5 rings (SSSR count). The van der Waals surface area contributed by atoms with Gasteiger partial charge in [-0.15, -0.1) is 0 Å². The number of rotatable bonds is 12. The average molecular weight is 614 g/mol.